The van der Waals surface area contributed by atoms with Crippen molar-refractivity contribution in [1.82, 2.24) is 4.68 Å². The molecule has 3 aromatic rings. The molecule has 0 aliphatic heterocycles. The molecular formula is C20H11F3N4O3. The summed E-state index contributed by atoms with van der Waals surface area (Å²) in [7, 11) is 0. The van der Waals surface area contributed by atoms with Gasteiger partial charge in [0.05, 0.1) is 22.4 Å². The van der Waals surface area contributed by atoms with Crippen molar-refractivity contribution in [3.8, 4) is 17.3 Å². The second-order valence-electron chi connectivity index (χ2n) is 6.01. The van der Waals surface area contributed by atoms with Crippen molar-refractivity contribution in [2.75, 3.05) is 0 Å². The quantitative estimate of drug-likeness (QED) is 0.364. The maximum atomic E-state index is 13.4. The Kier molecular flexibility index (Phi) is 5.46. The average Bonchev–Trinajstić information content (AvgIpc) is 2.72. The highest BCUT2D eigenvalue weighted by molar-refractivity contribution is 5.81. The zero-order chi connectivity index (χ0) is 21.9. The molecule has 0 unspecified atom stereocenters. The van der Waals surface area contributed by atoms with Gasteiger partial charge in [0.2, 0.25) is 0 Å². The second-order valence-corrected chi connectivity index (χ2v) is 6.01. The fraction of sp³-hybridized carbons (Fsp3) is 0.0500. The number of hydrogen-bond donors (Lipinski definition) is 0. The Morgan fingerprint density at radius 3 is 2.40 bits per heavy atom. The van der Waals surface area contributed by atoms with Gasteiger partial charge in [-0.3, -0.25) is 14.9 Å². The Bertz CT molecular complexity index is 1240. The molecule has 0 bridgehead atoms. The summed E-state index contributed by atoms with van der Waals surface area (Å²) in [5.74, 6) is 0. The molecule has 1 aromatic heterocycles. The molecule has 3 rings (SSSR count). The molecule has 150 valence electrons. The standard InChI is InChI=1S/C20H11F3N4O3/c21-20(22,23)17-10-18(14-6-2-1-3-7-14)26(19(28)16(17)11-24)25-12-13-5-4-8-15(9-13)27(29)30/h1-10,12H/b25-12+. The summed E-state index contributed by atoms with van der Waals surface area (Å²) in [6.45, 7) is 0. The number of benzene rings is 2. The van der Waals surface area contributed by atoms with E-state index < -0.39 is 27.8 Å². The van der Waals surface area contributed by atoms with Crippen LogP contribution in [0.2, 0.25) is 0 Å². The zero-order valence-corrected chi connectivity index (χ0v) is 15.0. The van der Waals surface area contributed by atoms with Gasteiger partial charge >= 0.3 is 6.18 Å². The zero-order valence-electron chi connectivity index (χ0n) is 15.0. The number of halogens is 3. The molecule has 0 aliphatic rings. The normalized spacial score (nSPS) is 11.4. The highest BCUT2D eigenvalue weighted by Gasteiger charge is 2.36. The molecule has 0 radical (unpaired) electrons. The monoisotopic (exact) mass is 412 g/mol. The summed E-state index contributed by atoms with van der Waals surface area (Å²) in [5.41, 5.74) is -3.62. The molecule has 0 saturated heterocycles. The van der Waals surface area contributed by atoms with E-state index in [1.165, 1.54) is 42.5 Å². The summed E-state index contributed by atoms with van der Waals surface area (Å²) in [5, 5.41) is 24.0. The van der Waals surface area contributed by atoms with Crippen LogP contribution in [0.1, 0.15) is 16.7 Å². The SMILES string of the molecule is N#Cc1c(C(F)(F)F)cc(-c2ccccc2)n(/N=C/c2cccc([N+](=O)[O-])c2)c1=O. The molecule has 0 atom stereocenters. The molecule has 0 amide bonds. The lowest BCUT2D eigenvalue weighted by Gasteiger charge is -2.14. The van der Waals surface area contributed by atoms with Crippen molar-refractivity contribution >= 4 is 11.9 Å². The molecule has 2 aromatic carbocycles. The number of aromatic nitrogens is 1. The van der Waals surface area contributed by atoms with Gasteiger partial charge in [0.25, 0.3) is 11.2 Å². The van der Waals surface area contributed by atoms with Crippen LogP contribution in [-0.2, 0) is 6.18 Å². The first-order valence-electron chi connectivity index (χ1n) is 8.34. The van der Waals surface area contributed by atoms with Crippen LogP contribution >= 0.6 is 0 Å². The minimum absolute atomic E-state index is 0.186. The molecule has 0 saturated carbocycles. The molecule has 0 N–H and O–H groups in total. The number of rotatable bonds is 4. The average molecular weight is 412 g/mol. The van der Waals surface area contributed by atoms with Crippen LogP contribution in [0, 0.1) is 21.4 Å². The first kappa shape index (κ1) is 20.5. The third kappa shape index (κ3) is 4.10. The summed E-state index contributed by atoms with van der Waals surface area (Å²) in [6.07, 6.45) is -3.83. The highest BCUT2D eigenvalue weighted by Crippen LogP contribution is 2.33. The van der Waals surface area contributed by atoms with Crippen molar-refractivity contribution < 1.29 is 18.1 Å². The fourth-order valence-electron chi connectivity index (χ4n) is 2.70. The van der Waals surface area contributed by atoms with Crippen LogP contribution in [0.5, 0.6) is 0 Å². The molecule has 0 aliphatic carbocycles. The number of nitro benzene ring substituents is 1. The van der Waals surface area contributed by atoms with Crippen molar-refractivity contribution in [3.63, 3.8) is 0 Å². The van der Waals surface area contributed by atoms with Crippen molar-refractivity contribution in [3.05, 3.63) is 97.8 Å². The lowest BCUT2D eigenvalue weighted by molar-refractivity contribution is -0.384. The lowest BCUT2D eigenvalue weighted by Crippen LogP contribution is -2.26. The summed E-state index contributed by atoms with van der Waals surface area (Å²) in [4.78, 5) is 23.0. The Morgan fingerprint density at radius 1 is 1.10 bits per heavy atom. The molecule has 30 heavy (non-hydrogen) atoms. The Hall–Kier alpha value is -4.26. The molecular weight excluding hydrogens is 401 g/mol. The number of alkyl halides is 3. The van der Waals surface area contributed by atoms with Crippen LogP contribution in [0.4, 0.5) is 18.9 Å². The van der Waals surface area contributed by atoms with E-state index in [4.69, 9.17) is 5.26 Å². The van der Waals surface area contributed by atoms with Gasteiger partial charge in [-0.25, -0.2) is 0 Å². The van der Waals surface area contributed by atoms with Crippen molar-refractivity contribution in [2.45, 2.75) is 6.18 Å². The highest BCUT2D eigenvalue weighted by atomic mass is 19.4. The minimum atomic E-state index is -4.92. The molecule has 1 heterocycles. The van der Waals surface area contributed by atoms with Gasteiger partial charge in [-0.1, -0.05) is 42.5 Å². The van der Waals surface area contributed by atoms with E-state index in [0.717, 1.165) is 6.21 Å². The van der Waals surface area contributed by atoms with E-state index in [9.17, 15) is 28.1 Å². The number of non-ortho nitro benzene ring substituents is 1. The third-order valence-electron chi connectivity index (χ3n) is 4.07. The lowest BCUT2D eigenvalue weighted by atomic mass is 10.0. The Labute approximate surface area is 167 Å². The molecule has 7 nitrogen and oxygen atoms in total. The fourth-order valence-corrected chi connectivity index (χ4v) is 2.70. The second kappa shape index (κ2) is 8.00. The smallest absolute Gasteiger partial charge is 0.266 e. The van der Waals surface area contributed by atoms with Gasteiger partial charge in [0, 0.05) is 23.3 Å². The van der Waals surface area contributed by atoms with E-state index in [1.54, 1.807) is 18.2 Å². The van der Waals surface area contributed by atoms with Gasteiger partial charge < -0.3 is 0 Å². The first-order valence-corrected chi connectivity index (χ1v) is 8.34. The van der Waals surface area contributed by atoms with Crippen molar-refractivity contribution in [1.29, 1.82) is 5.26 Å². The number of pyridine rings is 1. The number of hydrogen-bond acceptors (Lipinski definition) is 5. The third-order valence-corrected chi connectivity index (χ3v) is 4.07. The minimum Gasteiger partial charge on any atom is -0.266 e. The van der Waals surface area contributed by atoms with Crippen molar-refractivity contribution in [2.24, 2.45) is 5.10 Å². The Balaban J connectivity index is 2.25. The maximum Gasteiger partial charge on any atom is 0.417 e. The van der Waals surface area contributed by atoms with E-state index in [1.807, 2.05) is 0 Å². The van der Waals surface area contributed by atoms with Crippen LogP contribution in [0.25, 0.3) is 11.3 Å². The number of nitro groups is 1. The van der Waals surface area contributed by atoms with E-state index in [0.29, 0.717) is 10.7 Å². The van der Waals surface area contributed by atoms with Crippen LogP contribution in [0.15, 0.2) is 70.6 Å². The van der Waals surface area contributed by atoms with Gasteiger partial charge in [0.15, 0.2) is 0 Å². The predicted molar refractivity (Wildman–Crippen MR) is 102 cm³/mol. The summed E-state index contributed by atoms with van der Waals surface area (Å²) >= 11 is 0. The first-order chi connectivity index (χ1) is 14.2. The van der Waals surface area contributed by atoms with Crippen LogP contribution < -0.4 is 5.56 Å². The van der Waals surface area contributed by atoms with Gasteiger partial charge in [-0.05, 0) is 6.07 Å². The summed E-state index contributed by atoms with van der Waals surface area (Å²) < 4.78 is 40.9. The van der Waals surface area contributed by atoms with E-state index in [2.05, 4.69) is 5.10 Å². The largest absolute Gasteiger partial charge is 0.417 e. The topological polar surface area (TPSA) is 101 Å². The van der Waals surface area contributed by atoms with Gasteiger partial charge in [-0.2, -0.15) is 28.2 Å². The maximum absolute atomic E-state index is 13.4. The van der Waals surface area contributed by atoms with Gasteiger partial charge in [-0.15, -0.1) is 0 Å². The van der Waals surface area contributed by atoms with E-state index >= 15 is 0 Å². The van der Waals surface area contributed by atoms with E-state index in [-0.39, 0.29) is 22.5 Å². The molecule has 0 fully saturated rings. The van der Waals surface area contributed by atoms with Gasteiger partial charge in [0.1, 0.15) is 11.6 Å². The number of nitrogens with zero attached hydrogens (tertiary/aromatic N) is 4. The summed E-state index contributed by atoms with van der Waals surface area (Å²) in [6, 6.07) is 15.0. The predicted octanol–water partition coefficient (Wildman–Crippen LogP) is 4.20. The molecule has 10 heteroatoms. The molecule has 0 spiro atoms. The number of nitriles is 1. The van der Waals surface area contributed by atoms with Crippen LogP contribution in [0.3, 0.4) is 0 Å². The Morgan fingerprint density at radius 2 is 1.80 bits per heavy atom. The van der Waals surface area contributed by atoms with Crippen LogP contribution in [-0.4, -0.2) is 15.8 Å².